The van der Waals surface area contributed by atoms with Crippen molar-refractivity contribution in [3.8, 4) is 6.07 Å². The van der Waals surface area contributed by atoms with Gasteiger partial charge in [0.25, 0.3) is 0 Å². The van der Waals surface area contributed by atoms with Crippen LogP contribution in [0.25, 0.3) is 11.0 Å². The van der Waals surface area contributed by atoms with Gasteiger partial charge in [-0.2, -0.15) is 5.26 Å². The number of rotatable bonds is 0. The number of fused-ring (bicyclic) bond motifs is 1. The average Bonchev–Trinajstić information content (AvgIpc) is 2.16. The van der Waals surface area contributed by atoms with Crippen molar-refractivity contribution >= 4 is 47.1 Å². The Kier molecular flexibility index (Phi) is 2.52. The molecule has 0 radical (unpaired) electrons. The van der Waals surface area contributed by atoms with E-state index in [4.69, 9.17) is 41.3 Å². The van der Waals surface area contributed by atoms with Gasteiger partial charge in [-0.1, -0.05) is 23.8 Å². The predicted molar refractivity (Wildman–Crippen MR) is 61.8 cm³/mol. The smallest absolute Gasteiger partial charge is 0.177 e. The highest BCUT2D eigenvalue weighted by Gasteiger charge is 2.05. The Morgan fingerprint density at radius 3 is 2.80 bits per heavy atom. The maximum absolute atomic E-state index is 8.77. The number of aromatic nitrogens is 3. The summed E-state index contributed by atoms with van der Waals surface area (Å²) in [7, 11) is 0. The third-order valence-electron chi connectivity index (χ3n) is 1.80. The Hall–Kier alpha value is -1.29. The van der Waals surface area contributed by atoms with Gasteiger partial charge in [-0.15, -0.1) is 0 Å². The summed E-state index contributed by atoms with van der Waals surface area (Å²) >= 11 is 15.7. The first-order chi connectivity index (χ1) is 7.11. The minimum Gasteiger partial charge on any atom is -0.323 e. The van der Waals surface area contributed by atoms with Crippen LogP contribution in [-0.2, 0) is 0 Å². The summed E-state index contributed by atoms with van der Waals surface area (Å²) in [5.74, 6) is 0. The van der Waals surface area contributed by atoms with Crippen LogP contribution in [0, 0.1) is 20.7 Å². The van der Waals surface area contributed by atoms with Crippen LogP contribution in [0.1, 0.15) is 5.56 Å². The van der Waals surface area contributed by atoms with E-state index in [0.29, 0.717) is 20.4 Å². The van der Waals surface area contributed by atoms with Crippen molar-refractivity contribution in [1.29, 1.82) is 5.26 Å². The first-order valence-corrected chi connectivity index (χ1v) is 5.04. The molecule has 2 N–H and O–H groups in total. The van der Waals surface area contributed by atoms with E-state index in [-0.39, 0.29) is 10.7 Å². The highest BCUT2D eigenvalue weighted by molar-refractivity contribution is 7.72. The molecule has 0 saturated heterocycles. The number of hydrogen-bond acceptors (Lipinski definition) is 4. The van der Waals surface area contributed by atoms with Crippen molar-refractivity contribution in [1.82, 2.24) is 15.0 Å². The van der Waals surface area contributed by atoms with Crippen LogP contribution in [0.15, 0.2) is 6.07 Å². The van der Waals surface area contributed by atoms with Crippen LogP contribution in [0.5, 0.6) is 0 Å². The molecule has 0 bridgehead atoms. The quantitative estimate of drug-likeness (QED) is 0.560. The lowest BCUT2D eigenvalue weighted by atomic mass is 10.2. The normalized spacial score (nSPS) is 10.1. The van der Waals surface area contributed by atoms with Gasteiger partial charge in [-0.25, -0.2) is 4.98 Å². The number of nitrogens with zero attached hydrogens (tertiary/aromatic N) is 2. The van der Waals surface area contributed by atoms with Crippen LogP contribution in [0.4, 0.5) is 0 Å². The van der Waals surface area contributed by atoms with Gasteiger partial charge in [0.2, 0.25) is 0 Å². The molecule has 0 aliphatic heterocycles. The molecule has 0 amide bonds. The SMILES string of the molecule is N#Cc1cc2c(=S)[nH]c(=S)[nH]c2nc1Cl. The number of halogens is 1. The van der Waals surface area contributed by atoms with Crippen LogP contribution in [-0.4, -0.2) is 15.0 Å². The number of nitriles is 1. The maximum atomic E-state index is 8.77. The minimum atomic E-state index is 0.135. The van der Waals surface area contributed by atoms with Crippen molar-refractivity contribution in [2.24, 2.45) is 0 Å². The summed E-state index contributed by atoms with van der Waals surface area (Å²) < 4.78 is 0.815. The molecule has 0 atom stereocenters. The summed E-state index contributed by atoms with van der Waals surface area (Å²) in [6.45, 7) is 0. The summed E-state index contributed by atoms with van der Waals surface area (Å²) in [6.07, 6.45) is 0. The van der Waals surface area contributed by atoms with Crippen molar-refractivity contribution in [2.75, 3.05) is 0 Å². The monoisotopic (exact) mass is 254 g/mol. The van der Waals surface area contributed by atoms with Crippen LogP contribution in [0.2, 0.25) is 5.15 Å². The molecule has 0 saturated carbocycles. The van der Waals surface area contributed by atoms with E-state index in [1.54, 1.807) is 6.07 Å². The van der Waals surface area contributed by atoms with Gasteiger partial charge in [0.1, 0.15) is 21.5 Å². The van der Waals surface area contributed by atoms with Gasteiger partial charge in [-0.05, 0) is 18.3 Å². The Balaban J connectivity index is 3.02. The zero-order chi connectivity index (χ0) is 11.0. The molecule has 74 valence electrons. The lowest BCUT2D eigenvalue weighted by Gasteiger charge is -1.99. The zero-order valence-electron chi connectivity index (χ0n) is 7.17. The molecule has 0 aliphatic rings. The van der Waals surface area contributed by atoms with E-state index >= 15 is 0 Å². The second-order valence-electron chi connectivity index (χ2n) is 2.74. The number of nitrogens with one attached hydrogen (secondary N) is 2. The molecule has 2 heterocycles. The number of pyridine rings is 1. The second-order valence-corrected chi connectivity index (χ2v) is 3.92. The fourth-order valence-corrected chi connectivity index (χ4v) is 1.85. The van der Waals surface area contributed by atoms with Crippen molar-refractivity contribution in [3.63, 3.8) is 0 Å². The molecular formula is C8H3ClN4S2. The lowest BCUT2D eigenvalue weighted by Crippen LogP contribution is -1.92. The van der Waals surface area contributed by atoms with Crippen LogP contribution >= 0.6 is 36.0 Å². The molecule has 15 heavy (non-hydrogen) atoms. The van der Waals surface area contributed by atoms with Gasteiger partial charge in [0.05, 0.1) is 10.9 Å². The molecule has 7 heteroatoms. The largest absolute Gasteiger partial charge is 0.323 e. The zero-order valence-corrected chi connectivity index (χ0v) is 9.56. The lowest BCUT2D eigenvalue weighted by molar-refractivity contribution is 1.14. The standard InChI is InChI=1S/C8H3ClN4S2/c9-5-3(2-10)1-4-6(11-5)12-8(15)13-7(4)14/h1H,(H2,11,12,13,14,15). The molecule has 2 rings (SSSR count). The van der Waals surface area contributed by atoms with Crippen molar-refractivity contribution in [3.05, 3.63) is 26.2 Å². The minimum absolute atomic E-state index is 0.135. The van der Waals surface area contributed by atoms with Crippen molar-refractivity contribution < 1.29 is 0 Å². The number of aromatic amines is 2. The third kappa shape index (κ3) is 1.77. The molecule has 2 aromatic rings. The Morgan fingerprint density at radius 2 is 2.13 bits per heavy atom. The third-order valence-corrected chi connectivity index (χ3v) is 2.61. The van der Waals surface area contributed by atoms with Gasteiger partial charge in [0, 0.05) is 0 Å². The Bertz CT molecular complexity index is 694. The summed E-state index contributed by atoms with van der Waals surface area (Å²) in [5.41, 5.74) is 0.766. The van der Waals surface area contributed by atoms with Gasteiger partial charge in [0.15, 0.2) is 4.77 Å². The number of hydrogen-bond donors (Lipinski definition) is 2. The summed E-state index contributed by atoms with van der Waals surface area (Å²) in [5, 5.41) is 9.53. The first-order valence-electron chi connectivity index (χ1n) is 3.85. The van der Waals surface area contributed by atoms with Gasteiger partial charge < -0.3 is 9.97 Å². The predicted octanol–water partition coefficient (Wildman–Crippen LogP) is 2.88. The van der Waals surface area contributed by atoms with Crippen LogP contribution < -0.4 is 0 Å². The Morgan fingerprint density at radius 1 is 1.40 bits per heavy atom. The van der Waals surface area contributed by atoms with E-state index in [1.807, 2.05) is 6.07 Å². The highest BCUT2D eigenvalue weighted by atomic mass is 35.5. The highest BCUT2D eigenvalue weighted by Crippen LogP contribution is 2.18. The van der Waals surface area contributed by atoms with Gasteiger partial charge >= 0.3 is 0 Å². The van der Waals surface area contributed by atoms with Crippen LogP contribution in [0.3, 0.4) is 0 Å². The number of H-pyrrole nitrogens is 2. The van der Waals surface area contributed by atoms with Gasteiger partial charge in [-0.3, -0.25) is 0 Å². The molecule has 0 fully saturated rings. The molecule has 2 aromatic heterocycles. The molecule has 0 unspecified atom stereocenters. The fraction of sp³-hybridized carbons (Fsp3) is 0. The van der Waals surface area contributed by atoms with E-state index < -0.39 is 0 Å². The second kappa shape index (κ2) is 3.70. The topological polar surface area (TPSA) is 68.3 Å². The van der Waals surface area contributed by atoms with Crippen molar-refractivity contribution in [2.45, 2.75) is 0 Å². The molecule has 0 aromatic carbocycles. The fourth-order valence-electron chi connectivity index (χ4n) is 1.15. The summed E-state index contributed by atoms with van der Waals surface area (Å²) in [4.78, 5) is 9.58. The summed E-state index contributed by atoms with van der Waals surface area (Å²) in [6, 6.07) is 3.51. The first kappa shape index (κ1) is 10.2. The molecule has 0 aliphatic carbocycles. The van der Waals surface area contributed by atoms with E-state index in [0.717, 1.165) is 0 Å². The Labute approximate surface area is 99.6 Å². The van der Waals surface area contributed by atoms with E-state index in [9.17, 15) is 0 Å². The molecule has 4 nitrogen and oxygen atoms in total. The average molecular weight is 255 g/mol. The molecule has 0 spiro atoms. The maximum Gasteiger partial charge on any atom is 0.177 e. The molecular weight excluding hydrogens is 252 g/mol. The van der Waals surface area contributed by atoms with E-state index in [2.05, 4.69) is 15.0 Å². The van der Waals surface area contributed by atoms with E-state index in [1.165, 1.54) is 0 Å².